The van der Waals surface area contributed by atoms with Crippen molar-refractivity contribution in [1.29, 1.82) is 0 Å². The van der Waals surface area contributed by atoms with Gasteiger partial charge in [0.25, 0.3) is 0 Å². The van der Waals surface area contributed by atoms with Crippen LogP contribution in [-0.2, 0) is 0 Å². The molecule has 1 heterocycles. The van der Waals surface area contributed by atoms with Crippen LogP contribution in [0.5, 0.6) is 0 Å². The summed E-state index contributed by atoms with van der Waals surface area (Å²) in [7, 11) is 0. The lowest BCUT2D eigenvalue weighted by molar-refractivity contribution is 1.50. The van der Waals surface area contributed by atoms with Gasteiger partial charge in [-0.1, -0.05) is 66.2 Å². The number of hydrogen-bond acceptors (Lipinski definition) is 1. The minimum Gasteiger partial charge on any atom is -0.354 e. The van der Waals surface area contributed by atoms with Gasteiger partial charge in [0.15, 0.2) is 0 Å². The highest BCUT2D eigenvalue weighted by molar-refractivity contribution is 14.1. The molecule has 0 spiro atoms. The number of anilines is 2. The van der Waals surface area contributed by atoms with Gasteiger partial charge in [-0.25, -0.2) is 0 Å². The van der Waals surface area contributed by atoms with E-state index in [2.05, 4.69) is 85.6 Å². The third-order valence-electron chi connectivity index (χ3n) is 4.75. The van der Waals surface area contributed by atoms with Gasteiger partial charge >= 0.3 is 0 Å². The SMILES string of the molecule is Clc1ccccc1Nc1ccc2c3ccc4ccccc4c3n(I)c2c1. The predicted octanol–water partition coefficient (Wildman–Crippen LogP) is 7.54. The second kappa shape index (κ2) is 6.18. The predicted molar refractivity (Wildman–Crippen MR) is 121 cm³/mol. The Morgan fingerprint density at radius 2 is 1.54 bits per heavy atom. The number of rotatable bonds is 2. The highest BCUT2D eigenvalue weighted by Gasteiger charge is 2.12. The first-order chi connectivity index (χ1) is 12.7. The van der Waals surface area contributed by atoms with Crippen LogP contribution in [0.15, 0.2) is 78.9 Å². The van der Waals surface area contributed by atoms with Gasteiger partial charge in [0.05, 0.1) is 44.6 Å². The van der Waals surface area contributed by atoms with E-state index >= 15 is 0 Å². The molecule has 0 aliphatic heterocycles. The first-order valence-electron chi connectivity index (χ1n) is 8.36. The second-order valence-electron chi connectivity index (χ2n) is 6.30. The fraction of sp³-hybridized carbons (Fsp3) is 0. The quantitative estimate of drug-likeness (QED) is 0.265. The van der Waals surface area contributed by atoms with Crippen LogP contribution in [0.25, 0.3) is 32.6 Å². The van der Waals surface area contributed by atoms with Crippen molar-refractivity contribution in [3.05, 3.63) is 83.9 Å². The van der Waals surface area contributed by atoms with E-state index in [4.69, 9.17) is 11.6 Å². The van der Waals surface area contributed by atoms with Crippen LogP contribution in [0.1, 0.15) is 0 Å². The molecule has 1 N–H and O–H groups in total. The summed E-state index contributed by atoms with van der Waals surface area (Å²) in [6.07, 6.45) is 0. The van der Waals surface area contributed by atoms with E-state index in [1.54, 1.807) is 0 Å². The molecule has 0 unspecified atom stereocenters. The van der Waals surface area contributed by atoms with Crippen molar-refractivity contribution in [2.45, 2.75) is 0 Å². The molecule has 126 valence electrons. The van der Waals surface area contributed by atoms with Crippen molar-refractivity contribution in [3.63, 3.8) is 0 Å². The smallest absolute Gasteiger partial charge is 0.0668 e. The highest BCUT2D eigenvalue weighted by atomic mass is 127. The Balaban J connectivity index is 1.74. The van der Waals surface area contributed by atoms with Crippen molar-refractivity contribution in [2.24, 2.45) is 0 Å². The molecule has 2 nitrogen and oxygen atoms in total. The fourth-order valence-corrected chi connectivity index (χ4v) is 4.62. The van der Waals surface area contributed by atoms with Gasteiger partial charge in [0, 0.05) is 21.8 Å². The largest absolute Gasteiger partial charge is 0.354 e. The Morgan fingerprint density at radius 3 is 2.42 bits per heavy atom. The van der Waals surface area contributed by atoms with E-state index < -0.39 is 0 Å². The van der Waals surface area contributed by atoms with Crippen LogP contribution >= 0.6 is 34.5 Å². The number of para-hydroxylation sites is 1. The Kier molecular flexibility index (Phi) is 3.80. The second-order valence-corrected chi connectivity index (χ2v) is 7.67. The van der Waals surface area contributed by atoms with Gasteiger partial charge in [0.1, 0.15) is 0 Å². The van der Waals surface area contributed by atoms with Crippen molar-refractivity contribution >= 4 is 78.4 Å². The molecule has 0 aliphatic rings. The average Bonchev–Trinajstić information content (AvgIpc) is 2.96. The molecule has 0 atom stereocenters. The van der Waals surface area contributed by atoms with Crippen LogP contribution in [0.3, 0.4) is 0 Å². The molecule has 0 radical (unpaired) electrons. The summed E-state index contributed by atoms with van der Waals surface area (Å²) >= 11 is 8.68. The Bertz CT molecular complexity index is 1290. The molecule has 0 amide bonds. The van der Waals surface area contributed by atoms with Crippen LogP contribution in [-0.4, -0.2) is 2.78 Å². The van der Waals surface area contributed by atoms with Gasteiger partial charge in [-0.3, -0.25) is 2.78 Å². The number of aromatic nitrogens is 1. The van der Waals surface area contributed by atoms with E-state index in [1.165, 1.54) is 32.6 Å². The van der Waals surface area contributed by atoms with Crippen molar-refractivity contribution < 1.29 is 0 Å². The Labute approximate surface area is 169 Å². The number of nitrogens with zero attached hydrogens (tertiary/aromatic N) is 1. The van der Waals surface area contributed by atoms with Crippen molar-refractivity contribution in [1.82, 2.24) is 2.78 Å². The molecule has 0 saturated carbocycles. The molecule has 1 aromatic heterocycles. The van der Waals surface area contributed by atoms with Crippen LogP contribution in [0, 0.1) is 0 Å². The zero-order valence-corrected chi connectivity index (χ0v) is 16.6. The topological polar surface area (TPSA) is 17.0 Å². The molecule has 26 heavy (non-hydrogen) atoms. The van der Waals surface area contributed by atoms with Gasteiger partial charge in [-0.05, 0) is 29.7 Å². The molecule has 0 saturated heterocycles. The van der Waals surface area contributed by atoms with E-state index in [0.29, 0.717) is 5.02 Å². The first-order valence-corrected chi connectivity index (χ1v) is 9.70. The molecular formula is C22H14ClIN2. The minimum absolute atomic E-state index is 0.716. The van der Waals surface area contributed by atoms with Crippen molar-refractivity contribution in [2.75, 3.05) is 5.32 Å². The lowest BCUT2D eigenvalue weighted by atomic mass is 10.1. The summed E-state index contributed by atoms with van der Waals surface area (Å²) in [5.74, 6) is 0. The zero-order valence-electron chi connectivity index (χ0n) is 13.7. The van der Waals surface area contributed by atoms with E-state index in [9.17, 15) is 0 Å². The number of nitrogens with one attached hydrogen (secondary N) is 1. The number of halogens is 2. The molecule has 5 aromatic rings. The first kappa shape index (κ1) is 16.0. The van der Waals surface area contributed by atoms with E-state index in [1.807, 2.05) is 24.3 Å². The molecule has 5 rings (SSSR count). The normalized spacial score (nSPS) is 11.5. The third-order valence-corrected chi connectivity index (χ3v) is 6.08. The highest BCUT2D eigenvalue weighted by Crippen LogP contribution is 2.37. The average molecular weight is 469 g/mol. The van der Waals surface area contributed by atoms with E-state index in [0.717, 1.165) is 11.4 Å². The third kappa shape index (κ3) is 2.46. The summed E-state index contributed by atoms with van der Waals surface area (Å²) in [6.45, 7) is 0. The monoisotopic (exact) mass is 468 g/mol. The number of fused-ring (bicyclic) bond motifs is 5. The molecule has 4 aromatic carbocycles. The number of benzene rings is 4. The number of hydrogen-bond donors (Lipinski definition) is 1. The fourth-order valence-electron chi connectivity index (χ4n) is 3.52. The minimum atomic E-state index is 0.716. The maximum Gasteiger partial charge on any atom is 0.0668 e. The summed E-state index contributed by atoms with van der Waals surface area (Å²) in [6, 6.07) is 27.2. The van der Waals surface area contributed by atoms with E-state index in [-0.39, 0.29) is 0 Å². The summed E-state index contributed by atoms with van der Waals surface area (Å²) in [5, 5.41) is 9.20. The van der Waals surface area contributed by atoms with Crippen molar-refractivity contribution in [3.8, 4) is 0 Å². The van der Waals surface area contributed by atoms with Crippen LogP contribution < -0.4 is 5.32 Å². The summed E-state index contributed by atoms with van der Waals surface area (Å²) in [4.78, 5) is 0. The maximum absolute atomic E-state index is 6.28. The lowest BCUT2D eigenvalue weighted by Crippen LogP contribution is -1.91. The molecular weight excluding hydrogens is 455 g/mol. The lowest BCUT2D eigenvalue weighted by Gasteiger charge is -2.08. The summed E-state index contributed by atoms with van der Waals surface area (Å²) in [5.41, 5.74) is 4.38. The van der Waals surface area contributed by atoms with Gasteiger partial charge < -0.3 is 5.32 Å². The van der Waals surface area contributed by atoms with Crippen LogP contribution in [0.2, 0.25) is 5.02 Å². The molecule has 0 fully saturated rings. The van der Waals surface area contributed by atoms with Gasteiger partial charge in [-0.2, -0.15) is 0 Å². The van der Waals surface area contributed by atoms with Gasteiger partial charge in [0.2, 0.25) is 0 Å². The van der Waals surface area contributed by atoms with Gasteiger partial charge in [-0.15, -0.1) is 0 Å². The van der Waals surface area contributed by atoms with Crippen LogP contribution in [0.4, 0.5) is 11.4 Å². The Morgan fingerprint density at radius 1 is 0.769 bits per heavy atom. The molecule has 4 heteroatoms. The molecule has 0 aliphatic carbocycles. The Hall–Kier alpha value is -2.24. The maximum atomic E-state index is 6.28. The zero-order chi connectivity index (χ0) is 17.7. The standard InChI is InChI=1S/C22H14ClIN2/c23-19-7-3-4-8-20(19)25-15-10-12-17-18-11-9-14-5-1-2-6-16(14)22(18)26(24)21(17)13-15/h1-13,25H. The summed E-state index contributed by atoms with van der Waals surface area (Å²) < 4.78 is 2.25. The molecule has 0 bridgehead atoms.